The summed E-state index contributed by atoms with van der Waals surface area (Å²) in [4.78, 5) is 14.3. The van der Waals surface area contributed by atoms with Crippen LogP contribution in [-0.4, -0.2) is 21.5 Å². The molecule has 4 heterocycles. The molecule has 0 fully saturated rings. The van der Waals surface area contributed by atoms with Gasteiger partial charge in [0.05, 0.1) is 30.8 Å². The number of nitrogens with zero attached hydrogens (tertiary/aromatic N) is 4. The van der Waals surface area contributed by atoms with Crippen molar-refractivity contribution in [2.75, 3.05) is 11.4 Å². The summed E-state index contributed by atoms with van der Waals surface area (Å²) in [7, 11) is 0. The molecule has 23 heavy (non-hydrogen) atoms. The first-order valence-electron chi connectivity index (χ1n) is 7.15. The number of halogens is 2. The molecule has 3 aromatic heterocycles. The molecule has 0 bridgehead atoms. The number of hydrogen-bond acceptors (Lipinski definition) is 5. The lowest BCUT2D eigenvalue weighted by molar-refractivity contribution is 0.497. The van der Waals surface area contributed by atoms with E-state index in [1.807, 2.05) is 4.90 Å². The zero-order valence-electron chi connectivity index (χ0n) is 12.0. The van der Waals surface area contributed by atoms with E-state index in [-0.39, 0.29) is 5.82 Å². The third kappa shape index (κ3) is 2.65. The van der Waals surface area contributed by atoms with Crippen molar-refractivity contribution in [1.29, 1.82) is 0 Å². The Balaban J connectivity index is 1.62. The Morgan fingerprint density at radius 2 is 2.00 bits per heavy atom. The molecule has 5 nitrogen and oxygen atoms in total. The summed E-state index contributed by atoms with van der Waals surface area (Å²) in [5.74, 6) is 0.375. The highest BCUT2D eigenvalue weighted by Gasteiger charge is 2.23. The number of rotatable bonds is 2. The second kappa shape index (κ2) is 5.42. The van der Waals surface area contributed by atoms with Gasteiger partial charge in [-0.2, -0.15) is 0 Å². The first-order chi connectivity index (χ1) is 11.2. The van der Waals surface area contributed by atoms with Crippen molar-refractivity contribution in [3.05, 3.63) is 59.9 Å². The zero-order chi connectivity index (χ0) is 15.8. The smallest absolute Gasteiger partial charge is 0.245 e. The van der Waals surface area contributed by atoms with Crippen LogP contribution in [0.3, 0.4) is 0 Å². The average molecular weight is 314 g/mol. The Labute approximate surface area is 130 Å². The van der Waals surface area contributed by atoms with E-state index in [4.69, 9.17) is 4.42 Å². The maximum absolute atomic E-state index is 13.3. The van der Waals surface area contributed by atoms with Gasteiger partial charge in [0.25, 0.3) is 0 Å². The SMILES string of the molecule is Fc1ccc(-c2nc3c(o2)CCN(c2cncc(F)c2)C3)nc1. The molecule has 0 aromatic carbocycles. The minimum Gasteiger partial charge on any atom is -0.439 e. The summed E-state index contributed by atoms with van der Waals surface area (Å²) in [5.41, 5.74) is 1.97. The molecule has 0 spiro atoms. The first-order valence-corrected chi connectivity index (χ1v) is 7.15. The zero-order valence-corrected chi connectivity index (χ0v) is 12.0. The van der Waals surface area contributed by atoms with E-state index in [9.17, 15) is 8.78 Å². The van der Waals surface area contributed by atoms with Gasteiger partial charge in [-0.3, -0.25) is 4.98 Å². The van der Waals surface area contributed by atoms with Crippen molar-refractivity contribution >= 4 is 5.69 Å². The van der Waals surface area contributed by atoms with E-state index in [0.717, 1.165) is 17.7 Å². The van der Waals surface area contributed by atoms with Crippen LogP contribution in [0.25, 0.3) is 11.6 Å². The lowest BCUT2D eigenvalue weighted by Gasteiger charge is -2.26. The third-order valence-electron chi connectivity index (χ3n) is 3.73. The van der Waals surface area contributed by atoms with Crippen LogP contribution in [0.4, 0.5) is 14.5 Å². The summed E-state index contributed by atoms with van der Waals surface area (Å²) >= 11 is 0. The van der Waals surface area contributed by atoms with Crippen LogP contribution in [0.5, 0.6) is 0 Å². The van der Waals surface area contributed by atoms with Crippen molar-refractivity contribution in [1.82, 2.24) is 15.0 Å². The summed E-state index contributed by atoms with van der Waals surface area (Å²) in [5, 5.41) is 0. The molecular weight excluding hydrogens is 302 g/mol. The molecule has 0 atom stereocenters. The van der Waals surface area contributed by atoms with Gasteiger partial charge in [-0.25, -0.2) is 18.7 Å². The normalized spacial score (nSPS) is 13.9. The van der Waals surface area contributed by atoms with Crippen LogP contribution in [0.2, 0.25) is 0 Å². The molecule has 116 valence electrons. The topological polar surface area (TPSA) is 55.1 Å². The van der Waals surface area contributed by atoms with Crippen LogP contribution < -0.4 is 4.90 Å². The van der Waals surface area contributed by atoms with Crippen LogP contribution in [0.15, 0.2) is 41.2 Å². The van der Waals surface area contributed by atoms with Crippen molar-refractivity contribution in [3.63, 3.8) is 0 Å². The van der Waals surface area contributed by atoms with E-state index in [1.165, 1.54) is 24.4 Å². The fourth-order valence-electron chi connectivity index (χ4n) is 2.60. The fraction of sp³-hybridized carbons (Fsp3) is 0.188. The van der Waals surface area contributed by atoms with Gasteiger partial charge in [-0.15, -0.1) is 0 Å². The first kappa shape index (κ1) is 13.8. The molecule has 0 unspecified atom stereocenters. The molecule has 0 N–H and O–H groups in total. The summed E-state index contributed by atoms with van der Waals surface area (Å²) in [6, 6.07) is 4.29. The Kier molecular flexibility index (Phi) is 3.25. The van der Waals surface area contributed by atoms with Gasteiger partial charge >= 0.3 is 0 Å². The maximum Gasteiger partial charge on any atom is 0.245 e. The highest BCUT2D eigenvalue weighted by molar-refractivity contribution is 5.50. The highest BCUT2D eigenvalue weighted by Crippen LogP contribution is 2.27. The van der Waals surface area contributed by atoms with Gasteiger partial charge in [0.15, 0.2) is 0 Å². The van der Waals surface area contributed by atoms with E-state index in [2.05, 4.69) is 15.0 Å². The molecular formula is C16H12F2N4O. The van der Waals surface area contributed by atoms with Crippen LogP contribution in [0, 0.1) is 11.6 Å². The lowest BCUT2D eigenvalue weighted by Crippen LogP contribution is -2.30. The highest BCUT2D eigenvalue weighted by atomic mass is 19.1. The Morgan fingerprint density at radius 3 is 2.78 bits per heavy atom. The minimum absolute atomic E-state index is 0.370. The number of anilines is 1. The van der Waals surface area contributed by atoms with Gasteiger partial charge in [-0.1, -0.05) is 0 Å². The monoisotopic (exact) mass is 314 g/mol. The molecule has 0 radical (unpaired) electrons. The van der Waals surface area contributed by atoms with E-state index < -0.39 is 5.82 Å². The average Bonchev–Trinajstić information content (AvgIpc) is 2.98. The Bertz CT molecular complexity index is 848. The van der Waals surface area contributed by atoms with Gasteiger partial charge in [0, 0.05) is 19.0 Å². The second-order valence-electron chi connectivity index (χ2n) is 5.28. The van der Waals surface area contributed by atoms with Crippen LogP contribution >= 0.6 is 0 Å². The predicted octanol–water partition coefficient (Wildman–Crippen LogP) is 2.97. The van der Waals surface area contributed by atoms with E-state index in [0.29, 0.717) is 36.8 Å². The summed E-state index contributed by atoms with van der Waals surface area (Å²) < 4.78 is 32.0. The van der Waals surface area contributed by atoms with Gasteiger partial charge in [-0.05, 0) is 12.1 Å². The van der Waals surface area contributed by atoms with Crippen molar-refractivity contribution in [2.45, 2.75) is 13.0 Å². The quantitative estimate of drug-likeness (QED) is 0.728. The number of fused-ring (bicyclic) bond motifs is 1. The van der Waals surface area contributed by atoms with Crippen LogP contribution in [-0.2, 0) is 13.0 Å². The number of oxazole rings is 1. The number of pyridine rings is 2. The van der Waals surface area contributed by atoms with Gasteiger partial charge < -0.3 is 9.32 Å². The maximum atomic E-state index is 13.3. The van der Waals surface area contributed by atoms with E-state index >= 15 is 0 Å². The van der Waals surface area contributed by atoms with Crippen molar-refractivity contribution < 1.29 is 13.2 Å². The minimum atomic E-state index is -0.408. The standard InChI is InChI=1S/C16H12F2N4O/c17-10-1-2-13(20-7-10)16-21-14-9-22(4-3-15(14)23-16)12-5-11(18)6-19-8-12/h1-2,5-8H,3-4,9H2. The van der Waals surface area contributed by atoms with Crippen molar-refractivity contribution in [3.8, 4) is 11.6 Å². The van der Waals surface area contributed by atoms with Gasteiger partial charge in [0.2, 0.25) is 5.89 Å². The number of hydrogen-bond donors (Lipinski definition) is 0. The summed E-state index contributed by atoms with van der Waals surface area (Å²) in [6.07, 6.45) is 4.58. The van der Waals surface area contributed by atoms with E-state index in [1.54, 1.807) is 6.20 Å². The summed E-state index contributed by atoms with van der Waals surface area (Å²) in [6.45, 7) is 1.19. The molecule has 0 saturated heterocycles. The number of aromatic nitrogens is 3. The largest absolute Gasteiger partial charge is 0.439 e. The van der Waals surface area contributed by atoms with Crippen LogP contribution in [0.1, 0.15) is 11.5 Å². The molecule has 0 aliphatic carbocycles. The van der Waals surface area contributed by atoms with Gasteiger partial charge in [0.1, 0.15) is 28.8 Å². The molecule has 1 aliphatic heterocycles. The van der Waals surface area contributed by atoms with Crippen molar-refractivity contribution in [2.24, 2.45) is 0 Å². The Hall–Kier alpha value is -2.83. The second-order valence-corrected chi connectivity index (χ2v) is 5.28. The molecule has 0 amide bonds. The molecule has 0 saturated carbocycles. The predicted molar refractivity (Wildman–Crippen MR) is 78.6 cm³/mol. The fourth-order valence-corrected chi connectivity index (χ4v) is 2.60. The molecule has 1 aliphatic rings. The molecule has 3 aromatic rings. The third-order valence-corrected chi connectivity index (χ3v) is 3.73. The molecule has 7 heteroatoms. The lowest BCUT2D eigenvalue weighted by atomic mass is 10.1. The molecule has 4 rings (SSSR count). The Morgan fingerprint density at radius 1 is 1.09 bits per heavy atom.